The summed E-state index contributed by atoms with van der Waals surface area (Å²) in [6.45, 7) is 2.98. The van der Waals surface area contributed by atoms with Crippen LogP contribution in [-0.4, -0.2) is 23.7 Å². The van der Waals surface area contributed by atoms with Gasteiger partial charge in [-0.3, -0.25) is 4.79 Å². The Balaban J connectivity index is 3.18. The molecule has 3 nitrogen and oxygen atoms in total. The molecule has 0 bridgehead atoms. The van der Waals surface area contributed by atoms with Crippen LogP contribution in [0.25, 0.3) is 0 Å². The van der Waals surface area contributed by atoms with Gasteiger partial charge in [-0.05, 0) is 31.5 Å². The Kier molecular flexibility index (Phi) is 4.97. The third kappa shape index (κ3) is 3.85. The lowest BCUT2D eigenvalue weighted by atomic mass is 10.1. The molecular weight excluding hydrogens is 278 g/mol. The highest BCUT2D eigenvalue weighted by atomic mass is 19.4. The molecule has 1 N–H and O–H groups in total. The molecule has 0 aromatic heterocycles. The third-order valence-electron chi connectivity index (χ3n) is 3.01. The number of hydrogen-bond donors (Lipinski definition) is 1. The summed E-state index contributed by atoms with van der Waals surface area (Å²) in [5.41, 5.74) is -1.24. The summed E-state index contributed by atoms with van der Waals surface area (Å²) >= 11 is 0. The molecule has 0 saturated heterocycles. The number of aliphatic carboxylic acids is 1. The molecule has 1 atom stereocenters. The number of nitrogens with zero attached hydrogens (tertiary/aromatic N) is 1. The highest BCUT2D eigenvalue weighted by Crippen LogP contribution is 2.32. The van der Waals surface area contributed by atoms with Crippen LogP contribution in [0.5, 0.6) is 0 Å². The molecule has 0 amide bonds. The summed E-state index contributed by atoms with van der Waals surface area (Å²) in [6.07, 6.45) is -4.10. The van der Waals surface area contributed by atoms with Gasteiger partial charge < -0.3 is 10.0 Å². The van der Waals surface area contributed by atoms with Crippen LogP contribution in [-0.2, 0) is 11.0 Å². The van der Waals surface area contributed by atoms with Crippen LogP contribution in [0.15, 0.2) is 18.2 Å². The van der Waals surface area contributed by atoms with Crippen molar-refractivity contribution in [2.24, 2.45) is 0 Å². The molecule has 0 aliphatic heterocycles. The summed E-state index contributed by atoms with van der Waals surface area (Å²) in [7, 11) is 0. The Morgan fingerprint density at radius 2 is 2.00 bits per heavy atom. The van der Waals surface area contributed by atoms with Gasteiger partial charge in [0.2, 0.25) is 0 Å². The summed E-state index contributed by atoms with van der Waals surface area (Å²) < 4.78 is 51.2. The van der Waals surface area contributed by atoms with E-state index in [0.717, 1.165) is 12.1 Å². The molecule has 0 spiro atoms. The number of carboxylic acid groups (broad SMARTS) is 1. The van der Waals surface area contributed by atoms with E-state index < -0.39 is 30.1 Å². The summed E-state index contributed by atoms with van der Waals surface area (Å²) in [6, 6.07) is 1.78. The molecule has 1 rings (SSSR count). The SMILES string of the molecule is CCC(C)N(CC(=O)O)c1ccc(C(F)(F)F)cc1F. The van der Waals surface area contributed by atoms with E-state index in [1.165, 1.54) is 4.90 Å². The second-order valence-electron chi connectivity index (χ2n) is 4.44. The van der Waals surface area contributed by atoms with Crippen LogP contribution in [0.2, 0.25) is 0 Å². The van der Waals surface area contributed by atoms with E-state index in [4.69, 9.17) is 5.11 Å². The van der Waals surface area contributed by atoms with Crippen molar-refractivity contribution in [1.29, 1.82) is 0 Å². The Morgan fingerprint density at radius 3 is 2.40 bits per heavy atom. The van der Waals surface area contributed by atoms with Crippen molar-refractivity contribution >= 4 is 11.7 Å². The monoisotopic (exact) mass is 293 g/mol. The van der Waals surface area contributed by atoms with Gasteiger partial charge in [-0.1, -0.05) is 6.92 Å². The van der Waals surface area contributed by atoms with Crippen LogP contribution in [0.3, 0.4) is 0 Å². The fourth-order valence-electron chi connectivity index (χ4n) is 1.76. The predicted molar refractivity (Wildman–Crippen MR) is 66.1 cm³/mol. The number of hydrogen-bond acceptors (Lipinski definition) is 2. The van der Waals surface area contributed by atoms with Gasteiger partial charge in [0.1, 0.15) is 12.4 Å². The molecule has 1 aromatic rings. The van der Waals surface area contributed by atoms with Gasteiger partial charge in [-0.25, -0.2) is 4.39 Å². The Morgan fingerprint density at radius 1 is 1.40 bits per heavy atom. The lowest BCUT2D eigenvalue weighted by molar-refractivity contribution is -0.138. The number of carbonyl (C=O) groups is 1. The maximum absolute atomic E-state index is 13.8. The molecule has 1 unspecified atom stereocenters. The van der Waals surface area contributed by atoms with Crippen molar-refractivity contribution in [3.8, 4) is 0 Å². The fourth-order valence-corrected chi connectivity index (χ4v) is 1.76. The zero-order chi connectivity index (χ0) is 15.5. The third-order valence-corrected chi connectivity index (χ3v) is 3.01. The zero-order valence-corrected chi connectivity index (χ0v) is 11.0. The molecule has 7 heteroatoms. The second kappa shape index (κ2) is 6.11. The van der Waals surface area contributed by atoms with Crippen LogP contribution in [0, 0.1) is 5.82 Å². The van der Waals surface area contributed by atoms with Crippen molar-refractivity contribution in [3.63, 3.8) is 0 Å². The largest absolute Gasteiger partial charge is 0.480 e. The van der Waals surface area contributed by atoms with E-state index in [-0.39, 0.29) is 11.7 Å². The van der Waals surface area contributed by atoms with Crippen LogP contribution < -0.4 is 4.90 Å². The Labute approximate surface area is 113 Å². The molecule has 0 radical (unpaired) electrons. The van der Waals surface area contributed by atoms with E-state index in [1.54, 1.807) is 13.8 Å². The molecule has 1 aromatic carbocycles. The summed E-state index contributed by atoms with van der Waals surface area (Å²) in [5, 5.41) is 8.82. The molecular formula is C13H15F4NO2. The van der Waals surface area contributed by atoms with Gasteiger partial charge in [0.15, 0.2) is 0 Å². The lowest BCUT2D eigenvalue weighted by Gasteiger charge is -2.29. The van der Waals surface area contributed by atoms with Gasteiger partial charge in [0, 0.05) is 6.04 Å². The van der Waals surface area contributed by atoms with Crippen molar-refractivity contribution in [1.82, 2.24) is 0 Å². The maximum Gasteiger partial charge on any atom is 0.416 e. The number of alkyl halides is 3. The fraction of sp³-hybridized carbons (Fsp3) is 0.462. The molecule has 20 heavy (non-hydrogen) atoms. The van der Waals surface area contributed by atoms with Gasteiger partial charge in [-0.2, -0.15) is 13.2 Å². The van der Waals surface area contributed by atoms with Gasteiger partial charge in [-0.15, -0.1) is 0 Å². The average Bonchev–Trinajstić information content (AvgIpc) is 2.34. The van der Waals surface area contributed by atoms with Crippen molar-refractivity contribution < 1.29 is 27.5 Å². The molecule has 0 fully saturated rings. The molecule has 0 saturated carbocycles. The van der Waals surface area contributed by atoms with E-state index in [2.05, 4.69) is 0 Å². The van der Waals surface area contributed by atoms with Gasteiger partial charge in [0.05, 0.1) is 11.3 Å². The Bertz CT molecular complexity index is 488. The molecule has 0 heterocycles. The van der Waals surface area contributed by atoms with Crippen LogP contribution >= 0.6 is 0 Å². The second-order valence-corrected chi connectivity index (χ2v) is 4.44. The topological polar surface area (TPSA) is 40.5 Å². The first-order valence-electron chi connectivity index (χ1n) is 6.02. The highest BCUT2D eigenvalue weighted by Gasteiger charge is 2.32. The maximum atomic E-state index is 13.8. The summed E-state index contributed by atoms with van der Waals surface area (Å²) in [5.74, 6) is -2.26. The minimum absolute atomic E-state index is 0.144. The number of benzene rings is 1. The first kappa shape index (κ1) is 16.3. The number of carboxylic acids is 1. The molecule has 0 aliphatic rings. The summed E-state index contributed by atoms with van der Waals surface area (Å²) in [4.78, 5) is 12.0. The number of halogens is 4. The first-order valence-corrected chi connectivity index (χ1v) is 6.02. The highest BCUT2D eigenvalue weighted by molar-refractivity contribution is 5.74. The average molecular weight is 293 g/mol. The van der Waals surface area contributed by atoms with E-state index >= 15 is 0 Å². The minimum Gasteiger partial charge on any atom is -0.480 e. The van der Waals surface area contributed by atoms with Crippen LogP contribution in [0.1, 0.15) is 25.8 Å². The molecule has 0 aliphatic carbocycles. The first-order chi connectivity index (χ1) is 9.16. The van der Waals surface area contributed by atoms with E-state index in [9.17, 15) is 22.4 Å². The predicted octanol–water partition coefficient (Wildman–Crippen LogP) is 3.53. The standard InChI is InChI=1S/C13H15F4NO2/c1-3-8(2)18(7-12(19)20)11-5-4-9(6-10(11)14)13(15,16)17/h4-6,8H,3,7H2,1-2H3,(H,19,20). The van der Waals surface area contributed by atoms with E-state index in [0.29, 0.717) is 12.5 Å². The lowest BCUT2D eigenvalue weighted by Crippen LogP contribution is -2.37. The van der Waals surface area contributed by atoms with E-state index in [1.807, 2.05) is 0 Å². The smallest absolute Gasteiger partial charge is 0.416 e. The normalized spacial score (nSPS) is 13.1. The molecule has 112 valence electrons. The van der Waals surface area contributed by atoms with Gasteiger partial charge in [0.25, 0.3) is 0 Å². The van der Waals surface area contributed by atoms with Crippen molar-refractivity contribution in [2.75, 3.05) is 11.4 Å². The van der Waals surface area contributed by atoms with Crippen LogP contribution in [0.4, 0.5) is 23.2 Å². The van der Waals surface area contributed by atoms with Crippen molar-refractivity contribution in [3.05, 3.63) is 29.6 Å². The number of rotatable bonds is 5. The van der Waals surface area contributed by atoms with Gasteiger partial charge >= 0.3 is 12.1 Å². The zero-order valence-electron chi connectivity index (χ0n) is 11.0. The number of anilines is 1. The quantitative estimate of drug-likeness (QED) is 0.844. The Hall–Kier alpha value is -1.79. The van der Waals surface area contributed by atoms with Crippen molar-refractivity contribution in [2.45, 2.75) is 32.5 Å². The minimum atomic E-state index is -4.63.